The molecule has 4 rings (SSSR count). The molecule has 2 aliphatic heterocycles. The van der Waals surface area contributed by atoms with E-state index in [-0.39, 0.29) is 24.3 Å². The van der Waals surface area contributed by atoms with Crippen LogP contribution in [0.5, 0.6) is 5.75 Å². The van der Waals surface area contributed by atoms with Crippen molar-refractivity contribution in [1.29, 1.82) is 0 Å². The number of nitrogens with zero attached hydrogens (tertiary/aromatic N) is 5. The largest absolute Gasteiger partial charge is 0.435 e. The maximum Gasteiger partial charge on any atom is 0.387 e. The third-order valence-corrected chi connectivity index (χ3v) is 5.45. The van der Waals surface area contributed by atoms with Crippen molar-refractivity contribution in [3.8, 4) is 17.0 Å². The number of hydrogen-bond acceptors (Lipinski definition) is 9. The molecule has 1 aromatic heterocycles. The van der Waals surface area contributed by atoms with Gasteiger partial charge in [-0.1, -0.05) is 0 Å². The van der Waals surface area contributed by atoms with E-state index in [9.17, 15) is 13.6 Å². The van der Waals surface area contributed by atoms with E-state index in [0.29, 0.717) is 56.6 Å². The summed E-state index contributed by atoms with van der Waals surface area (Å²) in [6.45, 7) is 1.30. The first-order valence-corrected chi connectivity index (χ1v) is 10.8. The predicted molar refractivity (Wildman–Crippen MR) is 114 cm³/mol. The SMILES string of the molecule is O=C(CN1CCN(c2nncc(-c3ccc(OC(F)F)cc3)n2)CC1)NOC1CCOCC1. The number of nitrogens with one attached hydrogen (secondary N) is 1. The summed E-state index contributed by atoms with van der Waals surface area (Å²) in [4.78, 5) is 26.2. The van der Waals surface area contributed by atoms with Crippen LogP contribution in [0, 0.1) is 0 Å². The molecule has 1 N–H and O–H groups in total. The second-order valence-corrected chi connectivity index (χ2v) is 7.76. The van der Waals surface area contributed by atoms with Crippen molar-refractivity contribution in [3.05, 3.63) is 30.5 Å². The van der Waals surface area contributed by atoms with Gasteiger partial charge in [-0.3, -0.25) is 14.5 Å². The van der Waals surface area contributed by atoms with Gasteiger partial charge in [0.1, 0.15) is 5.75 Å². The van der Waals surface area contributed by atoms with Gasteiger partial charge in [0, 0.05) is 45.0 Å². The number of aromatic nitrogens is 3. The Labute approximate surface area is 189 Å². The van der Waals surface area contributed by atoms with Crippen LogP contribution < -0.4 is 15.1 Å². The Morgan fingerprint density at radius 3 is 2.58 bits per heavy atom. The summed E-state index contributed by atoms with van der Waals surface area (Å²) >= 11 is 0. The average molecular weight is 464 g/mol. The van der Waals surface area contributed by atoms with Crippen molar-refractivity contribution in [1.82, 2.24) is 25.6 Å². The van der Waals surface area contributed by atoms with E-state index in [4.69, 9.17) is 9.57 Å². The number of anilines is 1. The molecule has 1 aromatic carbocycles. The Morgan fingerprint density at radius 2 is 1.88 bits per heavy atom. The van der Waals surface area contributed by atoms with Crippen LogP contribution in [0.3, 0.4) is 0 Å². The van der Waals surface area contributed by atoms with E-state index in [1.807, 2.05) is 9.80 Å². The van der Waals surface area contributed by atoms with Gasteiger partial charge in [0.05, 0.1) is 24.5 Å². The number of hydrogen-bond donors (Lipinski definition) is 1. The minimum atomic E-state index is -2.87. The van der Waals surface area contributed by atoms with E-state index in [1.54, 1.807) is 12.1 Å². The van der Waals surface area contributed by atoms with Crippen molar-refractivity contribution in [2.45, 2.75) is 25.6 Å². The first kappa shape index (κ1) is 23.2. The lowest BCUT2D eigenvalue weighted by Crippen LogP contribution is -2.50. The number of rotatable bonds is 8. The van der Waals surface area contributed by atoms with Gasteiger partial charge in [0.2, 0.25) is 5.95 Å². The summed E-state index contributed by atoms with van der Waals surface area (Å²) in [6.07, 6.45) is 3.08. The summed E-state index contributed by atoms with van der Waals surface area (Å²) in [6, 6.07) is 6.20. The van der Waals surface area contributed by atoms with Crippen molar-refractivity contribution in [3.63, 3.8) is 0 Å². The highest BCUT2D eigenvalue weighted by Gasteiger charge is 2.22. The van der Waals surface area contributed by atoms with Crippen LogP contribution in [0.25, 0.3) is 11.3 Å². The molecule has 0 saturated carbocycles. The minimum Gasteiger partial charge on any atom is -0.435 e. The molecule has 1 amide bonds. The molecule has 0 spiro atoms. The average Bonchev–Trinajstić information content (AvgIpc) is 2.84. The van der Waals surface area contributed by atoms with Crippen LogP contribution in [-0.2, 0) is 14.4 Å². The highest BCUT2D eigenvalue weighted by molar-refractivity contribution is 5.77. The standard InChI is InChI=1S/C21H26F2N6O4/c22-20(23)32-16-3-1-15(2-4-16)18-13-24-26-21(25-18)29-9-7-28(8-10-29)14-19(30)27-33-17-5-11-31-12-6-17/h1-4,13,17,20H,5-12,14H2,(H,27,30). The first-order chi connectivity index (χ1) is 16.1. The van der Waals surface area contributed by atoms with Gasteiger partial charge in [-0.2, -0.15) is 13.9 Å². The maximum absolute atomic E-state index is 12.3. The summed E-state index contributed by atoms with van der Waals surface area (Å²) < 4.78 is 34.3. The quantitative estimate of drug-likeness (QED) is 0.582. The lowest BCUT2D eigenvalue weighted by molar-refractivity contribution is -0.144. The molecule has 0 bridgehead atoms. The fraction of sp³-hybridized carbons (Fsp3) is 0.524. The number of benzene rings is 1. The zero-order valence-corrected chi connectivity index (χ0v) is 18.0. The molecule has 33 heavy (non-hydrogen) atoms. The molecular weight excluding hydrogens is 438 g/mol. The third kappa shape index (κ3) is 6.76. The lowest BCUT2D eigenvalue weighted by atomic mass is 10.1. The molecular formula is C21H26F2N6O4. The number of carbonyl (C=O) groups is 1. The molecule has 2 fully saturated rings. The molecule has 3 heterocycles. The number of hydroxylamine groups is 1. The highest BCUT2D eigenvalue weighted by atomic mass is 19.3. The Kier molecular flexibility index (Phi) is 7.92. The summed E-state index contributed by atoms with van der Waals surface area (Å²) in [7, 11) is 0. The molecule has 0 aliphatic carbocycles. The molecule has 0 atom stereocenters. The van der Waals surface area contributed by atoms with Gasteiger partial charge in [0.15, 0.2) is 0 Å². The lowest BCUT2D eigenvalue weighted by Gasteiger charge is -2.34. The predicted octanol–water partition coefficient (Wildman–Crippen LogP) is 1.49. The molecule has 2 aliphatic rings. The van der Waals surface area contributed by atoms with Crippen molar-refractivity contribution >= 4 is 11.9 Å². The van der Waals surface area contributed by atoms with Crippen molar-refractivity contribution < 1.29 is 27.9 Å². The van der Waals surface area contributed by atoms with Crippen molar-refractivity contribution in [2.75, 3.05) is 50.8 Å². The fourth-order valence-electron chi connectivity index (χ4n) is 3.66. The van der Waals surface area contributed by atoms with Gasteiger partial charge < -0.3 is 14.4 Å². The van der Waals surface area contributed by atoms with E-state index in [2.05, 4.69) is 25.4 Å². The molecule has 178 valence electrons. The Hall–Kier alpha value is -2.96. The Bertz CT molecular complexity index is 906. The summed E-state index contributed by atoms with van der Waals surface area (Å²) in [5.74, 6) is 0.385. The molecule has 12 heteroatoms. The minimum absolute atomic E-state index is 0.00417. The normalized spacial score (nSPS) is 17.8. The second kappa shape index (κ2) is 11.3. The Balaban J connectivity index is 1.26. The van der Waals surface area contributed by atoms with Gasteiger partial charge in [-0.15, -0.1) is 5.10 Å². The second-order valence-electron chi connectivity index (χ2n) is 7.76. The molecule has 0 unspecified atom stereocenters. The maximum atomic E-state index is 12.3. The monoisotopic (exact) mass is 464 g/mol. The van der Waals surface area contributed by atoms with Crippen molar-refractivity contribution in [2.24, 2.45) is 0 Å². The number of piperazine rings is 1. The Morgan fingerprint density at radius 1 is 1.15 bits per heavy atom. The molecule has 0 radical (unpaired) electrons. The van der Waals surface area contributed by atoms with Crippen LogP contribution in [0.4, 0.5) is 14.7 Å². The van der Waals surface area contributed by atoms with Gasteiger partial charge in [0.25, 0.3) is 5.91 Å². The number of halogens is 2. The number of ether oxygens (including phenoxy) is 2. The zero-order chi connectivity index (χ0) is 23.0. The number of alkyl halides is 2. The highest BCUT2D eigenvalue weighted by Crippen LogP contribution is 2.22. The van der Waals surface area contributed by atoms with E-state index < -0.39 is 6.61 Å². The molecule has 2 saturated heterocycles. The number of amides is 1. The first-order valence-electron chi connectivity index (χ1n) is 10.8. The van der Waals surface area contributed by atoms with Crippen LogP contribution in [0.2, 0.25) is 0 Å². The van der Waals surface area contributed by atoms with Crippen LogP contribution in [-0.4, -0.2) is 84.6 Å². The molecule has 10 nitrogen and oxygen atoms in total. The van der Waals surface area contributed by atoms with E-state index in [0.717, 1.165) is 12.8 Å². The van der Waals surface area contributed by atoms with Gasteiger partial charge in [-0.05, 0) is 37.1 Å². The van der Waals surface area contributed by atoms with Gasteiger partial charge >= 0.3 is 6.61 Å². The summed E-state index contributed by atoms with van der Waals surface area (Å²) in [5.41, 5.74) is 3.84. The third-order valence-electron chi connectivity index (χ3n) is 5.45. The topological polar surface area (TPSA) is 102 Å². The number of carbonyl (C=O) groups excluding carboxylic acids is 1. The van der Waals surface area contributed by atoms with E-state index >= 15 is 0 Å². The molecule has 2 aromatic rings. The van der Waals surface area contributed by atoms with Crippen LogP contribution in [0.15, 0.2) is 30.5 Å². The summed E-state index contributed by atoms with van der Waals surface area (Å²) in [5, 5.41) is 8.16. The van der Waals surface area contributed by atoms with Crippen LogP contribution in [0.1, 0.15) is 12.8 Å². The zero-order valence-electron chi connectivity index (χ0n) is 18.0. The van der Waals surface area contributed by atoms with Gasteiger partial charge in [-0.25, -0.2) is 10.5 Å². The smallest absolute Gasteiger partial charge is 0.387 e. The fourth-order valence-corrected chi connectivity index (χ4v) is 3.66. The van der Waals surface area contributed by atoms with E-state index in [1.165, 1.54) is 18.3 Å². The van der Waals surface area contributed by atoms with Crippen LogP contribution >= 0.6 is 0 Å².